The van der Waals surface area contributed by atoms with E-state index in [0.29, 0.717) is 6.42 Å². The lowest BCUT2D eigenvalue weighted by molar-refractivity contribution is -0.155. The molecule has 1 saturated heterocycles. The molecule has 0 N–H and O–H groups in total. The van der Waals surface area contributed by atoms with Gasteiger partial charge in [-0.25, -0.2) is 0 Å². The largest absolute Gasteiger partial charge is 0.462 e. The molecule has 14 heavy (non-hydrogen) atoms. The highest BCUT2D eigenvalue weighted by Crippen LogP contribution is 2.20. The normalized spacial score (nSPS) is 26.4. The fourth-order valence-electron chi connectivity index (χ4n) is 1.26. The van der Waals surface area contributed by atoms with Crippen molar-refractivity contribution in [3.8, 4) is 0 Å². The van der Waals surface area contributed by atoms with Gasteiger partial charge in [-0.2, -0.15) is 0 Å². The van der Waals surface area contributed by atoms with Crippen LogP contribution in [0.4, 0.5) is 0 Å². The summed E-state index contributed by atoms with van der Waals surface area (Å²) in [4.78, 5) is 22.1. The van der Waals surface area contributed by atoms with Crippen LogP contribution in [0, 0.1) is 11.8 Å². The third-order valence-corrected chi connectivity index (χ3v) is 2.18. The first kappa shape index (κ1) is 11.0. The standard InChI is InChI=1S/C10H16O4/c1-6(2)9(11)13-5-8-4-7(3)10(12)14-8/h6-8H,4-5H2,1-3H3. The summed E-state index contributed by atoms with van der Waals surface area (Å²) < 4.78 is 9.96. The first-order chi connectivity index (χ1) is 6.50. The van der Waals surface area contributed by atoms with Crippen LogP contribution in [0.3, 0.4) is 0 Å². The SMILES string of the molecule is CC(C)C(=O)OCC1CC(C)C(=O)O1. The van der Waals surface area contributed by atoms with Crippen molar-refractivity contribution in [3.63, 3.8) is 0 Å². The molecular formula is C10H16O4. The summed E-state index contributed by atoms with van der Waals surface area (Å²) in [7, 11) is 0. The van der Waals surface area contributed by atoms with Gasteiger partial charge in [0.25, 0.3) is 0 Å². The van der Waals surface area contributed by atoms with Gasteiger partial charge in [0.1, 0.15) is 12.7 Å². The Hall–Kier alpha value is -1.06. The predicted molar refractivity (Wildman–Crippen MR) is 49.5 cm³/mol. The summed E-state index contributed by atoms with van der Waals surface area (Å²) in [5, 5.41) is 0. The van der Waals surface area contributed by atoms with E-state index in [4.69, 9.17) is 9.47 Å². The third kappa shape index (κ3) is 2.72. The van der Waals surface area contributed by atoms with Crippen molar-refractivity contribution in [2.24, 2.45) is 11.8 Å². The summed E-state index contributed by atoms with van der Waals surface area (Å²) in [6, 6.07) is 0. The second kappa shape index (κ2) is 4.44. The van der Waals surface area contributed by atoms with Gasteiger partial charge < -0.3 is 9.47 Å². The van der Waals surface area contributed by atoms with E-state index in [9.17, 15) is 9.59 Å². The van der Waals surface area contributed by atoms with E-state index >= 15 is 0 Å². The maximum Gasteiger partial charge on any atom is 0.309 e. The van der Waals surface area contributed by atoms with Crippen LogP contribution >= 0.6 is 0 Å². The van der Waals surface area contributed by atoms with Crippen LogP contribution in [-0.2, 0) is 19.1 Å². The lowest BCUT2D eigenvalue weighted by atomic mass is 10.1. The molecule has 1 rings (SSSR count). The molecule has 0 aliphatic carbocycles. The van der Waals surface area contributed by atoms with E-state index in [1.807, 2.05) is 6.92 Å². The van der Waals surface area contributed by atoms with Crippen molar-refractivity contribution in [1.82, 2.24) is 0 Å². The highest BCUT2D eigenvalue weighted by molar-refractivity contribution is 5.74. The van der Waals surface area contributed by atoms with Gasteiger partial charge in [0.2, 0.25) is 0 Å². The Morgan fingerprint density at radius 3 is 2.71 bits per heavy atom. The highest BCUT2D eigenvalue weighted by atomic mass is 16.6. The molecule has 2 unspecified atom stereocenters. The van der Waals surface area contributed by atoms with Crippen LogP contribution in [0.5, 0.6) is 0 Å². The number of rotatable bonds is 3. The maximum atomic E-state index is 11.1. The Morgan fingerprint density at radius 2 is 2.29 bits per heavy atom. The summed E-state index contributed by atoms with van der Waals surface area (Å²) in [6.45, 7) is 5.54. The van der Waals surface area contributed by atoms with Crippen molar-refractivity contribution < 1.29 is 19.1 Å². The van der Waals surface area contributed by atoms with E-state index in [1.54, 1.807) is 13.8 Å². The molecule has 2 atom stereocenters. The second-order valence-electron chi connectivity index (χ2n) is 3.98. The molecule has 0 spiro atoms. The highest BCUT2D eigenvalue weighted by Gasteiger charge is 2.31. The third-order valence-electron chi connectivity index (χ3n) is 2.18. The molecule has 1 heterocycles. The van der Waals surface area contributed by atoms with Gasteiger partial charge >= 0.3 is 11.9 Å². The Kier molecular flexibility index (Phi) is 3.49. The number of carbonyl (C=O) groups is 2. The van der Waals surface area contributed by atoms with Crippen LogP contribution in [0.15, 0.2) is 0 Å². The van der Waals surface area contributed by atoms with Crippen molar-refractivity contribution in [1.29, 1.82) is 0 Å². The Morgan fingerprint density at radius 1 is 1.64 bits per heavy atom. The smallest absolute Gasteiger partial charge is 0.309 e. The average molecular weight is 200 g/mol. The molecule has 4 heteroatoms. The quantitative estimate of drug-likeness (QED) is 0.641. The van der Waals surface area contributed by atoms with Crippen molar-refractivity contribution in [2.45, 2.75) is 33.3 Å². The van der Waals surface area contributed by atoms with E-state index in [2.05, 4.69) is 0 Å². The molecule has 1 aliphatic rings. The van der Waals surface area contributed by atoms with Crippen LogP contribution in [-0.4, -0.2) is 24.6 Å². The fourth-order valence-corrected chi connectivity index (χ4v) is 1.26. The molecule has 0 bridgehead atoms. The van der Waals surface area contributed by atoms with Gasteiger partial charge in [-0.3, -0.25) is 9.59 Å². The minimum Gasteiger partial charge on any atom is -0.462 e. The van der Waals surface area contributed by atoms with Gasteiger partial charge in [0.15, 0.2) is 0 Å². The number of hydrogen-bond donors (Lipinski definition) is 0. The van der Waals surface area contributed by atoms with Gasteiger partial charge in [0.05, 0.1) is 11.8 Å². The number of ether oxygens (including phenoxy) is 2. The monoisotopic (exact) mass is 200 g/mol. The number of cyclic esters (lactones) is 1. The Bertz CT molecular complexity index is 234. The van der Waals surface area contributed by atoms with E-state index in [1.165, 1.54) is 0 Å². The first-order valence-corrected chi connectivity index (χ1v) is 4.88. The summed E-state index contributed by atoms with van der Waals surface area (Å²) in [5.41, 5.74) is 0. The predicted octanol–water partition coefficient (Wildman–Crippen LogP) is 1.14. The molecule has 4 nitrogen and oxygen atoms in total. The van der Waals surface area contributed by atoms with Crippen LogP contribution < -0.4 is 0 Å². The molecule has 0 aromatic heterocycles. The lowest BCUT2D eigenvalue weighted by Crippen LogP contribution is -2.21. The molecule has 80 valence electrons. The molecule has 1 fully saturated rings. The maximum absolute atomic E-state index is 11.1. The Balaban J connectivity index is 2.27. The fraction of sp³-hybridized carbons (Fsp3) is 0.800. The van der Waals surface area contributed by atoms with Gasteiger partial charge in [-0.1, -0.05) is 20.8 Å². The van der Waals surface area contributed by atoms with Crippen LogP contribution in [0.25, 0.3) is 0 Å². The van der Waals surface area contributed by atoms with Crippen molar-refractivity contribution in [3.05, 3.63) is 0 Å². The second-order valence-corrected chi connectivity index (χ2v) is 3.98. The van der Waals surface area contributed by atoms with E-state index in [-0.39, 0.29) is 36.5 Å². The van der Waals surface area contributed by atoms with Crippen molar-refractivity contribution >= 4 is 11.9 Å². The molecule has 0 radical (unpaired) electrons. The summed E-state index contributed by atoms with van der Waals surface area (Å²) in [6.07, 6.45) is 0.393. The van der Waals surface area contributed by atoms with Gasteiger partial charge in [-0.05, 0) is 0 Å². The lowest BCUT2D eigenvalue weighted by Gasteiger charge is -2.11. The van der Waals surface area contributed by atoms with Crippen molar-refractivity contribution in [2.75, 3.05) is 6.61 Å². The van der Waals surface area contributed by atoms with Crippen LogP contribution in [0.2, 0.25) is 0 Å². The molecule has 0 amide bonds. The molecule has 0 saturated carbocycles. The number of hydrogen-bond acceptors (Lipinski definition) is 4. The average Bonchev–Trinajstić information content (AvgIpc) is 2.42. The van der Waals surface area contributed by atoms with Gasteiger partial charge in [-0.15, -0.1) is 0 Å². The molecule has 1 aliphatic heterocycles. The van der Waals surface area contributed by atoms with Gasteiger partial charge in [0, 0.05) is 6.42 Å². The zero-order valence-electron chi connectivity index (χ0n) is 8.78. The van der Waals surface area contributed by atoms with E-state index in [0.717, 1.165) is 0 Å². The molecule has 0 aromatic carbocycles. The minimum atomic E-state index is -0.250. The first-order valence-electron chi connectivity index (χ1n) is 4.88. The topological polar surface area (TPSA) is 52.6 Å². The summed E-state index contributed by atoms with van der Waals surface area (Å²) in [5.74, 6) is -0.654. The number of carbonyl (C=O) groups excluding carboxylic acids is 2. The van der Waals surface area contributed by atoms with E-state index < -0.39 is 0 Å². The summed E-state index contributed by atoms with van der Waals surface area (Å²) >= 11 is 0. The molecular weight excluding hydrogens is 184 g/mol. The minimum absolute atomic E-state index is 0.0715. The zero-order valence-corrected chi connectivity index (χ0v) is 8.78. The van der Waals surface area contributed by atoms with Crippen LogP contribution in [0.1, 0.15) is 27.2 Å². The Labute approximate surface area is 83.6 Å². The zero-order chi connectivity index (χ0) is 10.7. The number of esters is 2. The molecule has 0 aromatic rings.